The van der Waals surface area contributed by atoms with Gasteiger partial charge < -0.3 is 10.6 Å². The number of anilines is 2. The Kier molecular flexibility index (Phi) is 4.46. The molecule has 21 heavy (non-hydrogen) atoms. The van der Waals surface area contributed by atoms with Crippen molar-refractivity contribution in [3.63, 3.8) is 0 Å². The summed E-state index contributed by atoms with van der Waals surface area (Å²) in [4.78, 5) is 11.7. The Morgan fingerprint density at radius 1 is 1.05 bits per heavy atom. The van der Waals surface area contributed by atoms with Gasteiger partial charge in [-0.2, -0.15) is 5.26 Å². The van der Waals surface area contributed by atoms with Crippen LogP contribution in [0.2, 0.25) is 0 Å². The van der Waals surface area contributed by atoms with Crippen LogP contribution < -0.4 is 10.6 Å². The lowest BCUT2D eigenvalue weighted by Gasteiger charge is -2.08. The number of halogens is 2. The summed E-state index contributed by atoms with van der Waals surface area (Å²) in [5.41, 5.74) is 1.23. The summed E-state index contributed by atoms with van der Waals surface area (Å²) in [6.07, 6.45) is 0. The van der Waals surface area contributed by atoms with Crippen LogP contribution in [0.25, 0.3) is 0 Å². The van der Waals surface area contributed by atoms with E-state index in [1.54, 1.807) is 24.3 Å². The van der Waals surface area contributed by atoms with Crippen molar-refractivity contribution in [3.05, 3.63) is 59.7 Å². The van der Waals surface area contributed by atoms with Gasteiger partial charge in [0.05, 0.1) is 18.2 Å². The third-order valence-corrected chi connectivity index (χ3v) is 2.61. The Labute approximate surface area is 120 Å². The summed E-state index contributed by atoms with van der Waals surface area (Å²) < 4.78 is 25.9. The van der Waals surface area contributed by atoms with Crippen molar-refractivity contribution in [2.45, 2.75) is 0 Å². The molecule has 0 saturated heterocycles. The van der Waals surface area contributed by atoms with Gasteiger partial charge in [0.2, 0.25) is 5.91 Å². The van der Waals surface area contributed by atoms with Crippen LogP contribution in [0.5, 0.6) is 0 Å². The van der Waals surface area contributed by atoms with Crippen molar-refractivity contribution in [3.8, 4) is 6.07 Å². The van der Waals surface area contributed by atoms with Crippen LogP contribution in [0.4, 0.5) is 20.2 Å². The summed E-state index contributed by atoms with van der Waals surface area (Å²) in [7, 11) is 0. The van der Waals surface area contributed by atoms with Crippen molar-refractivity contribution in [2.75, 3.05) is 17.2 Å². The molecule has 0 radical (unpaired) electrons. The molecule has 1 amide bonds. The van der Waals surface area contributed by atoms with Crippen LogP contribution in [-0.2, 0) is 4.79 Å². The number of rotatable bonds is 4. The maximum Gasteiger partial charge on any atom is 0.243 e. The number of benzene rings is 2. The second-order valence-electron chi connectivity index (χ2n) is 4.25. The molecule has 0 fully saturated rings. The molecule has 0 aliphatic rings. The Morgan fingerprint density at radius 2 is 1.67 bits per heavy atom. The van der Waals surface area contributed by atoms with Crippen LogP contribution >= 0.6 is 0 Å². The van der Waals surface area contributed by atoms with E-state index in [4.69, 9.17) is 5.26 Å². The monoisotopic (exact) mass is 287 g/mol. The minimum absolute atomic E-state index is 0.0547. The fourth-order valence-corrected chi connectivity index (χ4v) is 1.68. The van der Waals surface area contributed by atoms with E-state index in [0.29, 0.717) is 11.3 Å². The molecule has 2 aromatic rings. The van der Waals surface area contributed by atoms with Crippen molar-refractivity contribution in [1.82, 2.24) is 0 Å². The van der Waals surface area contributed by atoms with Gasteiger partial charge in [0, 0.05) is 17.4 Å². The Morgan fingerprint density at radius 3 is 2.24 bits per heavy atom. The molecule has 2 rings (SSSR count). The van der Waals surface area contributed by atoms with E-state index in [0.717, 1.165) is 18.2 Å². The normalized spacial score (nSPS) is 9.76. The number of nitriles is 1. The minimum atomic E-state index is -0.759. The molecule has 0 aromatic heterocycles. The fourth-order valence-electron chi connectivity index (χ4n) is 1.68. The van der Waals surface area contributed by atoms with E-state index in [-0.39, 0.29) is 12.2 Å². The lowest BCUT2D eigenvalue weighted by molar-refractivity contribution is -0.114. The molecule has 2 N–H and O–H groups in total. The Balaban J connectivity index is 1.91. The number of nitrogens with zero attached hydrogens (tertiary/aromatic N) is 1. The van der Waals surface area contributed by atoms with Crippen LogP contribution in [0.1, 0.15) is 5.56 Å². The number of carbonyl (C=O) groups excluding carboxylic acids is 1. The van der Waals surface area contributed by atoms with Gasteiger partial charge in [-0.05, 0) is 36.4 Å². The first kappa shape index (κ1) is 14.5. The quantitative estimate of drug-likeness (QED) is 0.908. The lowest BCUT2D eigenvalue weighted by Crippen LogP contribution is -2.21. The van der Waals surface area contributed by atoms with E-state index in [1.165, 1.54) is 0 Å². The smallest absolute Gasteiger partial charge is 0.243 e. The lowest BCUT2D eigenvalue weighted by atomic mass is 10.2. The molecule has 6 heteroatoms. The summed E-state index contributed by atoms with van der Waals surface area (Å²) in [6.45, 7) is -0.0654. The first-order valence-electron chi connectivity index (χ1n) is 6.07. The second kappa shape index (κ2) is 6.48. The largest absolute Gasteiger partial charge is 0.376 e. The molecule has 4 nitrogen and oxygen atoms in total. The van der Waals surface area contributed by atoms with Crippen LogP contribution in [-0.4, -0.2) is 12.5 Å². The number of carbonyl (C=O) groups is 1. The second-order valence-corrected chi connectivity index (χ2v) is 4.25. The number of hydrogen-bond acceptors (Lipinski definition) is 3. The van der Waals surface area contributed by atoms with Crippen LogP contribution in [0.15, 0.2) is 42.5 Å². The zero-order valence-electron chi connectivity index (χ0n) is 10.9. The van der Waals surface area contributed by atoms with Crippen molar-refractivity contribution in [2.24, 2.45) is 0 Å². The van der Waals surface area contributed by atoms with Crippen LogP contribution in [0, 0.1) is 23.0 Å². The molecule has 2 aromatic carbocycles. The highest BCUT2D eigenvalue weighted by Crippen LogP contribution is 2.13. The van der Waals surface area contributed by atoms with E-state index in [1.807, 2.05) is 6.07 Å². The molecular formula is C15H11F2N3O. The van der Waals surface area contributed by atoms with Gasteiger partial charge in [-0.25, -0.2) is 8.78 Å². The third-order valence-electron chi connectivity index (χ3n) is 2.61. The third kappa shape index (κ3) is 4.28. The van der Waals surface area contributed by atoms with Crippen molar-refractivity contribution in [1.29, 1.82) is 5.26 Å². The topological polar surface area (TPSA) is 64.9 Å². The van der Waals surface area contributed by atoms with Gasteiger partial charge in [-0.1, -0.05) is 0 Å². The predicted molar refractivity (Wildman–Crippen MR) is 74.6 cm³/mol. The molecule has 0 aliphatic heterocycles. The average molecular weight is 287 g/mol. The molecule has 0 saturated carbocycles. The first-order chi connectivity index (χ1) is 10.1. The summed E-state index contributed by atoms with van der Waals surface area (Å²) >= 11 is 0. The molecular weight excluding hydrogens is 276 g/mol. The number of hydrogen-bond donors (Lipinski definition) is 2. The maximum absolute atomic E-state index is 13.0. The predicted octanol–water partition coefficient (Wildman–Crippen LogP) is 2.89. The SMILES string of the molecule is N#Cc1ccc(NCC(=O)Nc2cc(F)cc(F)c2)cc1. The van der Waals surface area contributed by atoms with Crippen molar-refractivity contribution < 1.29 is 13.6 Å². The molecule has 0 spiro atoms. The molecule has 0 aliphatic carbocycles. The van der Waals surface area contributed by atoms with Gasteiger partial charge >= 0.3 is 0 Å². The highest BCUT2D eigenvalue weighted by atomic mass is 19.1. The molecule has 0 heterocycles. The summed E-state index contributed by atoms with van der Waals surface area (Å²) in [5, 5.41) is 13.9. The van der Waals surface area contributed by atoms with E-state index >= 15 is 0 Å². The standard InChI is InChI=1S/C15H11F2N3O/c16-11-5-12(17)7-14(6-11)20-15(21)9-19-13-3-1-10(8-18)2-4-13/h1-7,19H,9H2,(H,20,21). The first-order valence-corrected chi connectivity index (χ1v) is 6.07. The number of amides is 1. The van der Waals surface area contributed by atoms with Gasteiger partial charge in [-0.3, -0.25) is 4.79 Å². The van der Waals surface area contributed by atoms with Gasteiger partial charge in [0.25, 0.3) is 0 Å². The molecule has 0 bridgehead atoms. The van der Waals surface area contributed by atoms with Gasteiger partial charge in [0.1, 0.15) is 11.6 Å². The van der Waals surface area contributed by atoms with E-state index < -0.39 is 17.5 Å². The molecule has 106 valence electrons. The Hall–Kier alpha value is -2.94. The van der Waals surface area contributed by atoms with Crippen LogP contribution in [0.3, 0.4) is 0 Å². The van der Waals surface area contributed by atoms with Gasteiger partial charge in [-0.15, -0.1) is 0 Å². The van der Waals surface area contributed by atoms with Crippen molar-refractivity contribution >= 4 is 17.3 Å². The maximum atomic E-state index is 13.0. The van der Waals surface area contributed by atoms with E-state index in [2.05, 4.69) is 10.6 Å². The molecule has 0 atom stereocenters. The van der Waals surface area contributed by atoms with Gasteiger partial charge in [0.15, 0.2) is 0 Å². The summed E-state index contributed by atoms with van der Waals surface area (Å²) in [6, 6.07) is 11.3. The summed E-state index contributed by atoms with van der Waals surface area (Å²) in [5.74, 6) is -1.96. The average Bonchev–Trinajstić information content (AvgIpc) is 2.44. The highest BCUT2D eigenvalue weighted by molar-refractivity contribution is 5.93. The minimum Gasteiger partial charge on any atom is -0.376 e. The molecule has 0 unspecified atom stereocenters. The fraction of sp³-hybridized carbons (Fsp3) is 0.0667. The highest BCUT2D eigenvalue weighted by Gasteiger charge is 2.05. The number of nitrogens with one attached hydrogen (secondary N) is 2. The van der Waals surface area contributed by atoms with E-state index in [9.17, 15) is 13.6 Å². The zero-order chi connectivity index (χ0) is 15.2. The zero-order valence-corrected chi connectivity index (χ0v) is 10.9. The Bertz CT molecular complexity index is 673.